The molecule has 0 aliphatic heterocycles. The van der Waals surface area contributed by atoms with Gasteiger partial charge in [-0.15, -0.1) is 0 Å². The van der Waals surface area contributed by atoms with Crippen molar-refractivity contribution in [1.82, 2.24) is 0 Å². The number of hydrogen-bond acceptors (Lipinski definition) is 2. The molecular formula is C3H9ClO2SSi. The minimum Gasteiger partial charge on any atom is -0.220 e. The van der Waals surface area contributed by atoms with Gasteiger partial charge in [-0.2, -0.15) is 0 Å². The highest BCUT2D eigenvalue weighted by Gasteiger charge is 2.29. The first-order valence-corrected chi connectivity index (χ1v) is 8.73. The molecule has 0 radical (unpaired) electrons. The van der Waals surface area contributed by atoms with Crippen LogP contribution in [0.15, 0.2) is 0 Å². The Hall–Kier alpha value is 0.457. The second-order valence-electron chi connectivity index (χ2n) is 2.55. The van der Waals surface area contributed by atoms with Gasteiger partial charge in [0.2, 0.25) is 7.22 Å². The van der Waals surface area contributed by atoms with Crippen LogP contribution in [0.4, 0.5) is 0 Å². The molecule has 2 nitrogen and oxygen atoms in total. The topological polar surface area (TPSA) is 34.1 Å². The lowest BCUT2D eigenvalue weighted by atomic mass is 11.8. The van der Waals surface area contributed by atoms with Crippen LogP contribution in [0.2, 0.25) is 19.6 Å². The van der Waals surface area contributed by atoms with Gasteiger partial charge in [0.1, 0.15) is 0 Å². The lowest BCUT2D eigenvalue weighted by molar-refractivity contribution is 0.619. The smallest absolute Gasteiger partial charge is 0.206 e. The molecule has 50 valence electrons. The van der Waals surface area contributed by atoms with E-state index in [9.17, 15) is 8.42 Å². The first kappa shape index (κ1) is 8.46. The fourth-order valence-corrected chi connectivity index (χ4v) is 0. The highest BCUT2D eigenvalue weighted by molar-refractivity contribution is 8.37. The molecule has 0 aromatic carbocycles. The molecule has 0 spiro atoms. The largest absolute Gasteiger partial charge is 0.220 e. The van der Waals surface area contributed by atoms with Crippen molar-refractivity contribution in [3.8, 4) is 0 Å². The van der Waals surface area contributed by atoms with Gasteiger partial charge in [0.15, 0.2) is 8.50 Å². The van der Waals surface area contributed by atoms with Gasteiger partial charge in [-0.05, 0) is 0 Å². The average Bonchev–Trinajstić information content (AvgIpc) is 1.25. The highest BCUT2D eigenvalue weighted by atomic mass is 35.7. The predicted molar refractivity (Wildman–Crippen MR) is 38.1 cm³/mol. The summed E-state index contributed by atoms with van der Waals surface area (Å²) in [5, 5.41) is 0. The zero-order valence-electron chi connectivity index (χ0n) is 5.10. The first-order chi connectivity index (χ1) is 3.25. The molecule has 0 N–H and O–H groups in total. The molecule has 0 aliphatic carbocycles. The molecule has 0 fully saturated rings. The monoisotopic (exact) mass is 172 g/mol. The molecule has 8 heavy (non-hydrogen) atoms. The van der Waals surface area contributed by atoms with Gasteiger partial charge in [0.05, 0.1) is 0 Å². The van der Waals surface area contributed by atoms with Crippen molar-refractivity contribution in [2.45, 2.75) is 19.6 Å². The lowest BCUT2D eigenvalue weighted by Crippen LogP contribution is -2.28. The van der Waals surface area contributed by atoms with Crippen molar-refractivity contribution in [2.75, 3.05) is 0 Å². The van der Waals surface area contributed by atoms with Gasteiger partial charge in [-0.25, -0.2) is 8.42 Å². The van der Waals surface area contributed by atoms with E-state index in [2.05, 4.69) is 0 Å². The van der Waals surface area contributed by atoms with Crippen molar-refractivity contribution >= 4 is 26.4 Å². The summed E-state index contributed by atoms with van der Waals surface area (Å²) >= 11 is 0. The molecule has 0 heterocycles. The van der Waals surface area contributed by atoms with E-state index in [1.807, 2.05) is 0 Å². The summed E-state index contributed by atoms with van der Waals surface area (Å²) < 4.78 is 21.0. The molecule has 0 amide bonds. The number of rotatable bonds is 1. The molecule has 0 unspecified atom stereocenters. The zero-order chi connectivity index (χ0) is 7.00. The van der Waals surface area contributed by atoms with E-state index in [1.54, 1.807) is 19.6 Å². The molecule has 0 aromatic rings. The summed E-state index contributed by atoms with van der Waals surface area (Å²) in [6.07, 6.45) is 0. The Morgan fingerprint density at radius 2 is 1.38 bits per heavy atom. The van der Waals surface area contributed by atoms with E-state index in [-0.39, 0.29) is 0 Å². The minimum absolute atomic E-state index is 1.69. The van der Waals surface area contributed by atoms with Crippen molar-refractivity contribution in [3.05, 3.63) is 0 Å². The van der Waals surface area contributed by atoms with Crippen LogP contribution in [0.3, 0.4) is 0 Å². The third kappa shape index (κ3) is 2.15. The molecule has 0 aromatic heterocycles. The van der Waals surface area contributed by atoms with Crippen LogP contribution in [0.5, 0.6) is 0 Å². The fraction of sp³-hybridized carbons (Fsp3) is 1.00. The molecule has 5 heteroatoms. The third-order valence-corrected chi connectivity index (χ3v) is 10.7. The van der Waals surface area contributed by atoms with Crippen LogP contribution in [0, 0.1) is 0 Å². The van der Waals surface area contributed by atoms with Crippen LogP contribution in [-0.2, 0) is 8.50 Å². The highest BCUT2D eigenvalue weighted by Crippen LogP contribution is 2.14. The van der Waals surface area contributed by atoms with E-state index in [4.69, 9.17) is 10.7 Å². The zero-order valence-corrected chi connectivity index (χ0v) is 7.68. The van der Waals surface area contributed by atoms with E-state index < -0.39 is 15.7 Å². The molecule has 0 saturated heterocycles. The molecule has 0 saturated carbocycles. The Kier molecular flexibility index (Phi) is 2.12. The number of hydrogen-bond donors (Lipinski definition) is 0. The number of halogens is 1. The summed E-state index contributed by atoms with van der Waals surface area (Å²) in [7, 11) is -0.307. The van der Waals surface area contributed by atoms with Crippen LogP contribution < -0.4 is 0 Å². The van der Waals surface area contributed by atoms with E-state index in [0.29, 0.717) is 0 Å². The van der Waals surface area contributed by atoms with E-state index in [1.165, 1.54) is 0 Å². The van der Waals surface area contributed by atoms with Crippen LogP contribution in [0.25, 0.3) is 0 Å². The predicted octanol–water partition coefficient (Wildman–Crippen LogP) is 1.39. The molecular weight excluding hydrogens is 164 g/mol. The summed E-state index contributed by atoms with van der Waals surface area (Å²) in [6.45, 7) is 5.07. The molecule has 0 atom stereocenters. The SMILES string of the molecule is C[Si](C)(C)S(=O)(=O)Cl. The Bertz CT molecular complexity index is 166. The van der Waals surface area contributed by atoms with Gasteiger partial charge in [-0.1, -0.05) is 19.6 Å². The normalized spacial score (nSPS) is 14.0. The second kappa shape index (κ2) is 2.00. The van der Waals surface area contributed by atoms with Gasteiger partial charge in [-0.3, -0.25) is 0 Å². The van der Waals surface area contributed by atoms with Crippen LogP contribution >= 0.6 is 10.7 Å². The van der Waals surface area contributed by atoms with E-state index >= 15 is 0 Å². The Balaban J connectivity index is 4.53. The quantitative estimate of drug-likeness (QED) is 0.443. The molecule has 0 bridgehead atoms. The van der Waals surface area contributed by atoms with E-state index in [0.717, 1.165) is 0 Å². The maximum Gasteiger partial charge on any atom is 0.206 e. The minimum atomic E-state index is -3.23. The van der Waals surface area contributed by atoms with Crippen LogP contribution in [0.1, 0.15) is 0 Å². The van der Waals surface area contributed by atoms with Crippen LogP contribution in [-0.4, -0.2) is 15.6 Å². The van der Waals surface area contributed by atoms with Crippen molar-refractivity contribution in [3.63, 3.8) is 0 Å². The van der Waals surface area contributed by atoms with Gasteiger partial charge in [0.25, 0.3) is 0 Å². The Morgan fingerprint density at radius 1 is 1.25 bits per heavy atom. The van der Waals surface area contributed by atoms with Gasteiger partial charge >= 0.3 is 0 Å². The molecule has 0 aliphatic rings. The second-order valence-corrected chi connectivity index (χ2v) is 14.9. The van der Waals surface area contributed by atoms with Gasteiger partial charge in [0, 0.05) is 10.7 Å². The summed E-state index contributed by atoms with van der Waals surface area (Å²) in [5.41, 5.74) is 0. The average molecular weight is 173 g/mol. The fourth-order valence-electron chi connectivity index (χ4n) is 0. The summed E-state index contributed by atoms with van der Waals surface area (Å²) in [4.78, 5) is 0. The van der Waals surface area contributed by atoms with Crippen molar-refractivity contribution < 1.29 is 8.42 Å². The first-order valence-electron chi connectivity index (χ1n) is 2.19. The standard InChI is InChI=1S/C3H9ClO2SSi/c1-8(2,3)7(4,5)6/h1-3H3. The maximum atomic E-state index is 10.5. The summed E-state index contributed by atoms with van der Waals surface area (Å²) in [6, 6.07) is 0. The van der Waals surface area contributed by atoms with Crippen molar-refractivity contribution in [2.24, 2.45) is 0 Å². The third-order valence-electron chi connectivity index (χ3n) is 0.731. The van der Waals surface area contributed by atoms with Gasteiger partial charge < -0.3 is 0 Å². The lowest BCUT2D eigenvalue weighted by Gasteiger charge is -2.07. The Morgan fingerprint density at radius 3 is 1.38 bits per heavy atom. The van der Waals surface area contributed by atoms with Crippen molar-refractivity contribution in [1.29, 1.82) is 0 Å². The maximum absolute atomic E-state index is 10.5. The molecule has 0 rings (SSSR count). The summed E-state index contributed by atoms with van der Waals surface area (Å²) in [5.74, 6) is 0. The Labute approximate surface area is 54.9 Å².